The van der Waals surface area contributed by atoms with Crippen LogP contribution in [-0.2, 0) is 21.3 Å². The lowest BCUT2D eigenvalue weighted by Gasteiger charge is -2.30. The van der Waals surface area contributed by atoms with E-state index in [4.69, 9.17) is 4.74 Å². The summed E-state index contributed by atoms with van der Waals surface area (Å²) in [6, 6.07) is 7.00. The van der Waals surface area contributed by atoms with Gasteiger partial charge in [0.2, 0.25) is 10.0 Å². The van der Waals surface area contributed by atoms with Crippen molar-refractivity contribution in [2.45, 2.75) is 43.7 Å². The highest BCUT2D eigenvalue weighted by Gasteiger charge is 2.25. The van der Waals surface area contributed by atoms with Gasteiger partial charge in [-0.3, -0.25) is 10.00 Å². The molecule has 2 heterocycles. The number of hydrogen-bond acceptors (Lipinski definition) is 6. The Morgan fingerprint density at radius 3 is 2.78 bits per heavy atom. The first-order valence-electron chi connectivity index (χ1n) is 9.19. The highest BCUT2D eigenvalue weighted by atomic mass is 32.2. The van der Waals surface area contributed by atoms with Crippen LogP contribution in [0.2, 0.25) is 0 Å². The third kappa shape index (κ3) is 4.73. The number of morpholine rings is 1. The topological polar surface area (TPSA) is 100 Å². The summed E-state index contributed by atoms with van der Waals surface area (Å²) in [4.78, 5) is 6.78. The lowest BCUT2D eigenvalue weighted by atomic mass is 9.99. The van der Waals surface area contributed by atoms with E-state index in [0.29, 0.717) is 30.8 Å². The minimum atomic E-state index is -3.61. The highest BCUT2D eigenvalue weighted by molar-refractivity contribution is 7.89. The molecule has 9 heteroatoms. The Morgan fingerprint density at radius 1 is 1.37 bits per heavy atom. The van der Waals surface area contributed by atoms with E-state index in [-0.39, 0.29) is 17.5 Å². The summed E-state index contributed by atoms with van der Waals surface area (Å²) in [5.74, 6) is 1.50. The van der Waals surface area contributed by atoms with Crippen LogP contribution in [0.5, 0.6) is 0 Å². The molecule has 27 heavy (non-hydrogen) atoms. The number of aromatic amines is 1. The first-order chi connectivity index (χ1) is 12.9. The fourth-order valence-electron chi connectivity index (χ4n) is 2.95. The summed E-state index contributed by atoms with van der Waals surface area (Å²) < 4.78 is 33.1. The van der Waals surface area contributed by atoms with Gasteiger partial charge in [-0.05, 0) is 37.1 Å². The van der Waals surface area contributed by atoms with Crippen molar-refractivity contribution in [3.63, 3.8) is 0 Å². The molecule has 8 nitrogen and oxygen atoms in total. The molecule has 1 aromatic carbocycles. The van der Waals surface area contributed by atoms with Crippen LogP contribution < -0.4 is 4.72 Å². The fourth-order valence-corrected chi connectivity index (χ4v) is 3.94. The fraction of sp³-hybridized carbons (Fsp3) is 0.556. The molecule has 1 aromatic heterocycles. The van der Waals surface area contributed by atoms with E-state index < -0.39 is 10.0 Å². The Morgan fingerprint density at radius 2 is 2.11 bits per heavy atom. The van der Waals surface area contributed by atoms with Gasteiger partial charge in [-0.25, -0.2) is 18.1 Å². The Balaban J connectivity index is 1.63. The van der Waals surface area contributed by atoms with Gasteiger partial charge in [0.25, 0.3) is 0 Å². The molecule has 2 unspecified atom stereocenters. The van der Waals surface area contributed by atoms with Crippen LogP contribution in [0.25, 0.3) is 0 Å². The van der Waals surface area contributed by atoms with Crippen molar-refractivity contribution in [2.75, 3.05) is 26.8 Å². The number of likely N-dealkylation sites (N-methyl/N-ethyl adjacent to an activating group) is 1. The van der Waals surface area contributed by atoms with Crippen molar-refractivity contribution < 1.29 is 13.2 Å². The number of rotatable bonds is 7. The quantitative estimate of drug-likeness (QED) is 0.744. The zero-order chi connectivity index (χ0) is 19.4. The van der Waals surface area contributed by atoms with E-state index in [1.165, 1.54) is 0 Å². The molecule has 1 aliphatic heterocycles. The molecule has 0 saturated carbocycles. The van der Waals surface area contributed by atoms with Crippen LogP contribution in [0.4, 0.5) is 0 Å². The van der Waals surface area contributed by atoms with Gasteiger partial charge in [-0.2, -0.15) is 5.10 Å². The number of hydrogen-bond donors (Lipinski definition) is 2. The number of nitrogens with zero attached hydrogens (tertiary/aromatic N) is 3. The molecule has 0 aliphatic carbocycles. The SMILES string of the molecule is CCC(C)c1ccc(S(=O)(=O)NCc2nc(C3COCCN3C)n[nH]2)cc1. The van der Waals surface area contributed by atoms with Crippen LogP contribution in [-0.4, -0.2) is 55.3 Å². The normalized spacial score (nSPS) is 19.9. The predicted molar refractivity (Wildman–Crippen MR) is 102 cm³/mol. The summed E-state index contributed by atoms with van der Waals surface area (Å²) in [5, 5.41) is 7.02. The second kappa shape index (κ2) is 8.47. The summed E-state index contributed by atoms with van der Waals surface area (Å²) in [6.45, 7) is 6.33. The van der Waals surface area contributed by atoms with E-state index in [1.807, 2.05) is 19.2 Å². The van der Waals surface area contributed by atoms with Gasteiger partial charge in [0.15, 0.2) is 5.82 Å². The van der Waals surface area contributed by atoms with Crippen molar-refractivity contribution >= 4 is 10.0 Å². The molecule has 1 saturated heterocycles. The average Bonchev–Trinajstić information content (AvgIpc) is 3.15. The van der Waals surface area contributed by atoms with Crippen LogP contribution in [0.15, 0.2) is 29.2 Å². The smallest absolute Gasteiger partial charge is 0.240 e. The molecular weight excluding hydrogens is 366 g/mol. The van der Waals surface area contributed by atoms with Gasteiger partial charge in [0, 0.05) is 6.54 Å². The van der Waals surface area contributed by atoms with Gasteiger partial charge >= 0.3 is 0 Å². The Hall–Kier alpha value is -1.81. The van der Waals surface area contributed by atoms with E-state index >= 15 is 0 Å². The monoisotopic (exact) mass is 393 g/mol. The second-order valence-corrected chi connectivity index (χ2v) is 8.68. The lowest BCUT2D eigenvalue weighted by molar-refractivity contribution is 0.00193. The maximum Gasteiger partial charge on any atom is 0.240 e. The Bertz CT molecular complexity index is 850. The predicted octanol–water partition coefficient (Wildman–Crippen LogP) is 1.80. The van der Waals surface area contributed by atoms with Gasteiger partial charge in [-0.15, -0.1) is 0 Å². The first-order valence-corrected chi connectivity index (χ1v) is 10.7. The number of benzene rings is 1. The summed E-state index contributed by atoms with van der Waals surface area (Å²) in [7, 11) is -1.61. The van der Waals surface area contributed by atoms with Crippen molar-refractivity contribution in [3.05, 3.63) is 41.5 Å². The molecule has 1 aliphatic rings. The highest BCUT2D eigenvalue weighted by Crippen LogP contribution is 2.21. The molecule has 0 amide bonds. The first kappa shape index (κ1) is 19.9. The molecule has 2 atom stereocenters. The number of sulfonamides is 1. The average molecular weight is 394 g/mol. The third-order valence-electron chi connectivity index (χ3n) is 5.04. The maximum atomic E-state index is 12.5. The summed E-state index contributed by atoms with van der Waals surface area (Å²) in [6.07, 6.45) is 1.01. The van der Waals surface area contributed by atoms with E-state index in [0.717, 1.165) is 18.5 Å². The molecule has 1 fully saturated rings. The third-order valence-corrected chi connectivity index (χ3v) is 6.46. The molecular formula is C18H27N5O3S. The molecule has 0 bridgehead atoms. The summed E-state index contributed by atoms with van der Waals surface area (Å²) in [5.41, 5.74) is 1.13. The minimum Gasteiger partial charge on any atom is -0.378 e. The number of aromatic nitrogens is 3. The van der Waals surface area contributed by atoms with Gasteiger partial charge < -0.3 is 4.74 Å². The van der Waals surface area contributed by atoms with Gasteiger partial charge in [0.1, 0.15) is 5.82 Å². The van der Waals surface area contributed by atoms with Crippen LogP contribution >= 0.6 is 0 Å². The zero-order valence-corrected chi connectivity index (χ0v) is 16.8. The van der Waals surface area contributed by atoms with E-state index in [2.05, 4.69) is 38.7 Å². The largest absolute Gasteiger partial charge is 0.378 e. The van der Waals surface area contributed by atoms with Gasteiger partial charge in [0.05, 0.1) is 30.7 Å². The van der Waals surface area contributed by atoms with Crippen molar-refractivity contribution in [1.82, 2.24) is 24.8 Å². The molecule has 0 radical (unpaired) electrons. The van der Waals surface area contributed by atoms with E-state index in [1.54, 1.807) is 12.1 Å². The second-order valence-electron chi connectivity index (χ2n) is 6.91. The molecule has 3 rings (SSSR count). The molecule has 148 valence electrons. The van der Waals surface area contributed by atoms with Crippen molar-refractivity contribution in [1.29, 1.82) is 0 Å². The number of nitrogens with one attached hydrogen (secondary N) is 2. The number of H-pyrrole nitrogens is 1. The molecule has 2 aromatic rings. The van der Waals surface area contributed by atoms with E-state index in [9.17, 15) is 8.42 Å². The lowest BCUT2D eigenvalue weighted by Crippen LogP contribution is -2.37. The standard InChI is InChI=1S/C18H27N5O3S/c1-4-13(2)14-5-7-15(8-6-14)27(24,25)19-11-17-20-18(22-21-17)16-12-26-10-9-23(16)3/h5-8,13,16,19H,4,9-12H2,1-3H3,(H,20,21,22). The zero-order valence-electron chi connectivity index (χ0n) is 16.0. The summed E-state index contributed by atoms with van der Waals surface area (Å²) >= 11 is 0. The minimum absolute atomic E-state index is 0.0199. The van der Waals surface area contributed by atoms with Crippen LogP contribution in [0, 0.1) is 0 Å². The van der Waals surface area contributed by atoms with Crippen LogP contribution in [0.3, 0.4) is 0 Å². The number of ether oxygens (including phenoxy) is 1. The van der Waals surface area contributed by atoms with Gasteiger partial charge in [-0.1, -0.05) is 26.0 Å². The Labute approximate surface area is 160 Å². The van der Waals surface area contributed by atoms with Crippen LogP contribution in [0.1, 0.15) is 49.4 Å². The van der Waals surface area contributed by atoms with Crippen molar-refractivity contribution in [2.24, 2.45) is 0 Å². The molecule has 0 spiro atoms. The maximum absolute atomic E-state index is 12.5. The van der Waals surface area contributed by atoms with Crippen molar-refractivity contribution in [3.8, 4) is 0 Å². The Kier molecular flexibility index (Phi) is 6.25. The molecule has 2 N–H and O–H groups in total.